The summed E-state index contributed by atoms with van der Waals surface area (Å²) < 4.78 is 5.35. The highest BCUT2D eigenvalue weighted by Crippen LogP contribution is 2.33. The molecule has 0 saturated carbocycles. The van der Waals surface area contributed by atoms with Crippen molar-refractivity contribution in [1.82, 2.24) is 10.2 Å². The number of nitrogens with zero attached hydrogens (tertiary/aromatic N) is 1. The molecule has 1 N–H and O–H groups in total. The summed E-state index contributed by atoms with van der Waals surface area (Å²) >= 11 is 0. The number of morpholine rings is 1. The van der Waals surface area contributed by atoms with Gasteiger partial charge in [0.1, 0.15) is 0 Å². The van der Waals surface area contributed by atoms with Gasteiger partial charge in [-0.1, -0.05) is 30.3 Å². The average molecular weight is 302 g/mol. The Morgan fingerprint density at radius 3 is 2.73 bits per heavy atom. The van der Waals surface area contributed by atoms with E-state index in [0.717, 1.165) is 26.2 Å². The minimum atomic E-state index is 0.280. The first-order valence-corrected chi connectivity index (χ1v) is 8.46. The number of amides is 1. The molecule has 1 aromatic carbocycles. The first kappa shape index (κ1) is 15.5. The molecule has 2 aliphatic rings. The number of rotatable bonds is 4. The molecule has 120 valence electrons. The number of benzene rings is 1. The van der Waals surface area contributed by atoms with Gasteiger partial charge in [-0.25, -0.2) is 0 Å². The first-order valence-electron chi connectivity index (χ1n) is 8.46. The minimum absolute atomic E-state index is 0.280. The van der Waals surface area contributed by atoms with Crippen molar-refractivity contribution in [3.8, 4) is 0 Å². The van der Waals surface area contributed by atoms with E-state index in [4.69, 9.17) is 4.74 Å². The normalized spacial score (nSPS) is 24.0. The fourth-order valence-corrected chi connectivity index (χ4v) is 3.61. The fourth-order valence-electron chi connectivity index (χ4n) is 3.61. The van der Waals surface area contributed by atoms with E-state index in [2.05, 4.69) is 29.6 Å². The van der Waals surface area contributed by atoms with Crippen LogP contribution in [-0.4, -0.2) is 50.2 Å². The van der Waals surface area contributed by atoms with E-state index in [9.17, 15) is 4.79 Å². The lowest BCUT2D eigenvalue weighted by Gasteiger charge is -2.33. The van der Waals surface area contributed by atoms with Crippen molar-refractivity contribution in [2.24, 2.45) is 5.92 Å². The molecule has 4 nitrogen and oxygen atoms in total. The fraction of sp³-hybridized carbons (Fsp3) is 0.611. The van der Waals surface area contributed by atoms with Crippen molar-refractivity contribution in [2.75, 3.05) is 39.4 Å². The summed E-state index contributed by atoms with van der Waals surface area (Å²) in [4.78, 5) is 14.6. The summed E-state index contributed by atoms with van der Waals surface area (Å²) in [7, 11) is 0. The smallest absolute Gasteiger partial charge is 0.223 e. The van der Waals surface area contributed by atoms with Gasteiger partial charge < -0.3 is 15.0 Å². The molecule has 0 unspecified atom stereocenters. The van der Waals surface area contributed by atoms with Crippen molar-refractivity contribution in [1.29, 1.82) is 0 Å². The molecular weight excluding hydrogens is 276 g/mol. The minimum Gasteiger partial charge on any atom is -0.378 e. The van der Waals surface area contributed by atoms with Crippen LogP contribution in [0.4, 0.5) is 0 Å². The van der Waals surface area contributed by atoms with Crippen LogP contribution < -0.4 is 5.32 Å². The third-order valence-electron chi connectivity index (χ3n) is 4.89. The SMILES string of the molecule is O=C(C[C@H](c1ccccc1)[C@H]1CCCNC1)N1CCOCC1. The molecule has 0 aliphatic carbocycles. The number of nitrogens with one attached hydrogen (secondary N) is 1. The summed E-state index contributed by atoms with van der Waals surface area (Å²) in [6.07, 6.45) is 3.04. The average Bonchev–Trinajstić information content (AvgIpc) is 2.62. The van der Waals surface area contributed by atoms with E-state index in [-0.39, 0.29) is 5.91 Å². The van der Waals surface area contributed by atoms with Gasteiger partial charge in [0.05, 0.1) is 13.2 Å². The zero-order chi connectivity index (χ0) is 15.2. The van der Waals surface area contributed by atoms with E-state index in [1.807, 2.05) is 11.0 Å². The van der Waals surface area contributed by atoms with Crippen molar-refractivity contribution in [3.63, 3.8) is 0 Å². The Morgan fingerprint density at radius 1 is 1.27 bits per heavy atom. The van der Waals surface area contributed by atoms with Crippen molar-refractivity contribution in [3.05, 3.63) is 35.9 Å². The second-order valence-corrected chi connectivity index (χ2v) is 6.32. The molecular formula is C18H26N2O2. The molecule has 2 heterocycles. The molecule has 0 radical (unpaired) electrons. The van der Waals surface area contributed by atoms with E-state index >= 15 is 0 Å². The molecule has 2 atom stereocenters. The number of carbonyl (C=O) groups is 1. The van der Waals surface area contributed by atoms with Gasteiger partial charge in [-0.15, -0.1) is 0 Å². The van der Waals surface area contributed by atoms with Gasteiger partial charge in [-0.2, -0.15) is 0 Å². The van der Waals surface area contributed by atoms with Crippen LogP contribution in [0.15, 0.2) is 30.3 Å². The molecule has 1 aromatic rings. The number of piperidine rings is 1. The molecule has 1 amide bonds. The lowest BCUT2D eigenvalue weighted by atomic mass is 9.79. The predicted molar refractivity (Wildman–Crippen MR) is 86.8 cm³/mol. The molecule has 4 heteroatoms. The zero-order valence-electron chi connectivity index (χ0n) is 13.2. The third-order valence-corrected chi connectivity index (χ3v) is 4.89. The summed E-state index contributed by atoms with van der Waals surface area (Å²) in [5.74, 6) is 1.16. The summed E-state index contributed by atoms with van der Waals surface area (Å²) in [6, 6.07) is 10.6. The largest absolute Gasteiger partial charge is 0.378 e. The monoisotopic (exact) mass is 302 g/mol. The van der Waals surface area contributed by atoms with E-state index in [1.54, 1.807) is 0 Å². The van der Waals surface area contributed by atoms with Crippen molar-refractivity contribution >= 4 is 5.91 Å². The molecule has 0 aromatic heterocycles. The van der Waals surface area contributed by atoms with Crippen LogP contribution in [0.5, 0.6) is 0 Å². The number of hydrogen-bond donors (Lipinski definition) is 1. The zero-order valence-corrected chi connectivity index (χ0v) is 13.2. The maximum Gasteiger partial charge on any atom is 0.223 e. The van der Waals surface area contributed by atoms with Crippen LogP contribution in [-0.2, 0) is 9.53 Å². The standard InChI is InChI=1S/C18H26N2O2/c21-18(20-9-11-22-12-10-20)13-17(15-5-2-1-3-6-15)16-7-4-8-19-14-16/h1-3,5-6,16-17,19H,4,7-14H2/t16-,17+/m0/s1. The highest BCUT2D eigenvalue weighted by atomic mass is 16.5. The Morgan fingerprint density at radius 2 is 2.05 bits per heavy atom. The quantitative estimate of drug-likeness (QED) is 0.925. The summed E-state index contributed by atoms with van der Waals surface area (Å²) in [6.45, 7) is 4.96. The maximum absolute atomic E-state index is 12.7. The molecule has 22 heavy (non-hydrogen) atoms. The van der Waals surface area contributed by atoms with Gasteiger partial charge in [0.15, 0.2) is 0 Å². The second kappa shape index (κ2) is 7.75. The number of hydrogen-bond acceptors (Lipinski definition) is 3. The van der Waals surface area contributed by atoms with Gasteiger partial charge >= 0.3 is 0 Å². The summed E-state index contributed by atoms with van der Waals surface area (Å²) in [5.41, 5.74) is 1.30. The topological polar surface area (TPSA) is 41.6 Å². The Balaban J connectivity index is 1.71. The van der Waals surface area contributed by atoms with Crippen LogP contribution >= 0.6 is 0 Å². The highest BCUT2D eigenvalue weighted by Gasteiger charge is 2.29. The van der Waals surface area contributed by atoms with Gasteiger partial charge in [-0.05, 0) is 43.3 Å². The van der Waals surface area contributed by atoms with Gasteiger partial charge in [0, 0.05) is 19.5 Å². The molecule has 0 bridgehead atoms. The molecule has 2 aliphatic heterocycles. The molecule has 3 rings (SSSR count). The van der Waals surface area contributed by atoms with Crippen molar-refractivity contribution in [2.45, 2.75) is 25.2 Å². The number of carbonyl (C=O) groups excluding carboxylic acids is 1. The second-order valence-electron chi connectivity index (χ2n) is 6.32. The van der Waals surface area contributed by atoms with Gasteiger partial charge in [0.25, 0.3) is 0 Å². The number of ether oxygens (including phenoxy) is 1. The third kappa shape index (κ3) is 3.87. The lowest BCUT2D eigenvalue weighted by molar-refractivity contribution is -0.136. The Hall–Kier alpha value is -1.39. The Kier molecular flexibility index (Phi) is 5.46. The lowest BCUT2D eigenvalue weighted by Crippen LogP contribution is -2.42. The Labute approximate surface area is 132 Å². The summed E-state index contributed by atoms with van der Waals surface area (Å²) in [5, 5.41) is 3.49. The van der Waals surface area contributed by atoms with E-state index in [1.165, 1.54) is 18.4 Å². The molecule has 2 saturated heterocycles. The molecule has 0 spiro atoms. The van der Waals surface area contributed by atoms with Gasteiger partial charge in [-0.3, -0.25) is 4.79 Å². The molecule has 2 fully saturated rings. The predicted octanol–water partition coefficient (Wildman–Crippen LogP) is 2.02. The van der Waals surface area contributed by atoms with Crippen LogP contribution in [0.1, 0.15) is 30.7 Å². The van der Waals surface area contributed by atoms with Crippen LogP contribution in [0, 0.1) is 5.92 Å². The van der Waals surface area contributed by atoms with Crippen LogP contribution in [0.2, 0.25) is 0 Å². The van der Waals surface area contributed by atoms with E-state index < -0.39 is 0 Å². The van der Waals surface area contributed by atoms with Crippen LogP contribution in [0.25, 0.3) is 0 Å². The Bertz CT molecular complexity index is 465. The van der Waals surface area contributed by atoms with Crippen molar-refractivity contribution < 1.29 is 9.53 Å². The van der Waals surface area contributed by atoms with Crippen LogP contribution in [0.3, 0.4) is 0 Å². The maximum atomic E-state index is 12.7. The highest BCUT2D eigenvalue weighted by molar-refractivity contribution is 5.77. The first-order chi connectivity index (χ1) is 10.8. The van der Waals surface area contributed by atoms with E-state index in [0.29, 0.717) is 31.5 Å². The van der Waals surface area contributed by atoms with Gasteiger partial charge in [0.2, 0.25) is 5.91 Å².